The van der Waals surface area contributed by atoms with Crippen molar-refractivity contribution in [3.8, 4) is 33.8 Å². The Morgan fingerprint density at radius 2 is 1.16 bits per heavy atom. The number of pyridine rings is 1. The summed E-state index contributed by atoms with van der Waals surface area (Å²) in [6.45, 7) is 2.13. The molecule has 7 nitrogen and oxygen atoms in total. The molecule has 162 valence electrons. The fourth-order valence-corrected chi connectivity index (χ4v) is 4.70. The summed E-state index contributed by atoms with van der Waals surface area (Å²) >= 11 is 0. The smallest absolute Gasteiger partial charge is 0.123 e. The van der Waals surface area contributed by atoms with Crippen LogP contribution in [0.1, 0.15) is 49.4 Å². The van der Waals surface area contributed by atoms with Crippen molar-refractivity contribution in [2.45, 2.75) is 37.8 Å². The SMILES string of the molecule is c1cc(-c2cnc(C3CCCN3)[nH]2)ccc1-c1ccc(-c2cnc([C@@H]3CCCN3)[nH]2)cn1. The maximum absolute atomic E-state index is 4.70. The topological polar surface area (TPSA) is 94.3 Å². The Bertz CT molecular complexity index is 1080. The molecule has 0 saturated carbocycles. The highest BCUT2D eigenvalue weighted by Crippen LogP contribution is 2.28. The molecule has 0 radical (unpaired) electrons. The highest BCUT2D eigenvalue weighted by atomic mass is 15.0. The lowest BCUT2D eigenvalue weighted by atomic mass is 10.1. The van der Waals surface area contributed by atoms with Gasteiger partial charge in [-0.1, -0.05) is 24.3 Å². The van der Waals surface area contributed by atoms with E-state index >= 15 is 0 Å². The van der Waals surface area contributed by atoms with Crippen molar-refractivity contribution in [1.29, 1.82) is 0 Å². The van der Waals surface area contributed by atoms with Gasteiger partial charge in [0, 0.05) is 17.3 Å². The van der Waals surface area contributed by atoms with Crippen molar-refractivity contribution in [2.24, 2.45) is 0 Å². The van der Waals surface area contributed by atoms with E-state index in [2.05, 4.69) is 67.0 Å². The first kappa shape index (κ1) is 19.4. The summed E-state index contributed by atoms with van der Waals surface area (Å²) in [5.74, 6) is 2.05. The molecule has 1 aromatic carbocycles. The fourth-order valence-electron chi connectivity index (χ4n) is 4.70. The second-order valence-electron chi connectivity index (χ2n) is 8.67. The third-order valence-electron chi connectivity index (χ3n) is 6.54. The van der Waals surface area contributed by atoms with E-state index in [1.54, 1.807) is 0 Å². The standard InChI is InChI=1S/C25H27N7/c1-3-20(26-11-1)24-29-14-22(31-24)17-7-5-16(6-8-17)19-10-9-18(13-28-19)23-15-30-25(32-23)21-4-2-12-27-21/h5-10,13-15,20-21,26-27H,1-4,11-12H2,(H,29,31)(H,30,32)/t20?,21-/m0/s1. The molecule has 4 aromatic rings. The average Bonchev–Trinajstić information content (AvgIpc) is 3.66. The van der Waals surface area contributed by atoms with Gasteiger partial charge in [0.1, 0.15) is 11.6 Å². The number of nitrogens with one attached hydrogen (secondary N) is 4. The quantitative estimate of drug-likeness (QED) is 0.381. The van der Waals surface area contributed by atoms with Gasteiger partial charge in [-0.15, -0.1) is 0 Å². The van der Waals surface area contributed by atoms with Gasteiger partial charge in [-0.25, -0.2) is 9.97 Å². The van der Waals surface area contributed by atoms with Gasteiger partial charge in [0.15, 0.2) is 0 Å². The zero-order chi connectivity index (χ0) is 21.3. The van der Waals surface area contributed by atoms with Gasteiger partial charge in [-0.3, -0.25) is 4.98 Å². The second-order valence-corrected chi connectivity index (χ2v) is 8.67. The van der Waals surface area contributed by atoms with Crippen LogP contribution >= 0.6 is 0 Å². The summed E-state index contributed by atoms with van der Waals surface area (Å²) in [7, 11) is 0. The minimum atomic E-state index is 0.342. The fraction of sp³-hybridized carbons (Fsp3) is 0.320. The van der Waals surface area contributed by atoms with Crippen LogP contribution in [0.3, 0.4) is 0 Å². The molecule has 32 heavy (non-hydrogen) atoms. The summed E-state index contributed by atoms with van der Waals surface area (Å²) in [6.07, 6.45) is 10.4. The second kappa shape index (κ2) is 8.33. The average molecular weight is 426 g/mol. The van der Waals surface area contributed by atoms with Gasteiger partial charge in [-0.05, 0) is 56.5 Å². The molecule has 4 N–H and O–H groups in total. The summed E-state index contributed by atoms with van der Waals surface area (Å²) in [4.78, 5) is 20.8. The van der Waals surface area contributed by atoms with Crippen molar-refractivity contribution in [3.05, 3.63) is 66.6 Å². The Hall–Kier alpha value is -3.29. The van der Waals surface area contributed by atoms with Crippen molar-refractivity contribution in [1.82, 2.24) is 35.6 Å². The van der Waals surface area contributed by atoms with E-state index in [0.29, 0.717) is 12.1 Å². The Morgan fingerprint density at radius 1 is 0.594 bits per heavy atom. The van der Waals surface area contributed by atoms with E-state index < -0.39 is 0 Å². The molecular formula is C25H27N7. The number of rotatable bonds is 5. The molecule has 5 heterocycles. The van der Waals surface area contributed by atoms with Crippen LogP contribution in [0.5, 0.6) is 0 Å². The predicted octanol–water partition coefficient (Wildman–Crippen LogP) is 4.38. The predicted molar refractivity (Wildman–Crippen MR) is 125 cm³/mol. The molecular weight excluding hydrogens is 398 g/mol. The lowest BCUT2D eigenvalue weighted by Crippen LogP contribution is -2.14. The van der Waals surface area contributed by atoms with Crippen LogP contribution in [0, 0.1) is 0 Å². The molecule has 6 rings (SSSR count). The number of aromatic nitrogens is 5. The number of aromatic amines is 2. The molecule has 7 heteroatoms. The highest BCUT2D eigenvalue weighted by Gasteiger charge is 2.20. The first-order valence-electron chi connectivity index (χ1n) is 11.5. The van der Waals surface area contributed by atoms with E-state index in [1.165, 1.54) is 12.8 Å². The summed E-state index contributed by atoms with van der Waals surface area (Å²) < 4.78 is 0. The molecule has 1 unspecified atom stereocenters. The molecule has 3 aromatic heterocycles. The molecule has 2 aliphatic heterocycles. The zero-order valence-corrected chi connectivity index (χ0v) is 17.9. The number of hydrogen-bond acceptors (Lipinski definition) is 5. The van der Waals surface area contributed by atoms with Gasteiger partial charge in [-0.2, -0.15) is 0 Å². The number of H-pyrrole nitrogens is 2. The van der Waals surface area contributed by atoms with Crippen LogP contribution in [0.4, 0.5) is 0 Å². The minimum absolute atomic E-state index is 0.342. The monoisotopic (exact) mass is 425 g/mol. The van der Waals surface area contributed by atoms with Crippen LogP contribution in [-0.4, -0.2) is 38.0 Å². The minimum Gasteiger partial charge on any atom is -0.341 e. The number of imidazole rings is 2. The van der Waals surface area contributed by atoms with Crippen molar-refractivity contribution in [3.63, 3.8) is 0 Å². The van der Waals surface area contributed by atoms with Crippen molar-refractivity contribution in [2.75, 3.05) is 13.1 Å². The van der Waals surface area contributed by atoms with E-state index in [4.69, 9.17) is 4.98 Å². The number of benzene rings is 1. The Morgan fingerprint density at radius 3 is 1.69 bits per heavy atom. The normalized spacial score (nSPS) is 20.8. The highest BCUT2D eigenvalue weighted by molar-refractivity contribution is 5.68. The molecule has 2 atom stereocenters. The molecule has 0 amide bonds. The third-order valence-corrected chi connectivity index (χ3v) is 6.54. The number of nitrogens with zero attached hydrogens (tertiary/aromatic N) is 3. The first-order valence-corrected chi connectivity index (χ1v) is 11.5. The molecule has 2 aliphatic rings. The van der Waals surface area contributed by atoms with Crippen LogP contribution < -0.4 is 10.6 Å². The first-order chi connectivity index (χ1) is 15.8. The lowest BCUT2D eigenvalue weighted by Gasteiger charge is -2.06. The summed E-state index contributed by atoms with van der Waals surface area (Å²) in [5, 5.41) is 6.97. The Kier molecular flexibility index (Phi) is 5.05. The summed E-state index contributed by atoms with van der Waals surface area (Å²) in [6, 6.07) is 13.3. The van der Waals surface area contributed by atoms with E-state index in [1.807, 2.05) is 18.6 Å². The van der Waals surface area contributed by atoms with Crippen molar-refractivity contribution < 1.29 is 0 Å². The van der Waals surface area contributed by atoms with Gasteiger partial charge in [0.05, 0.1) is 41.6 Å². The van der Waals surface area contributed by atoms with Gasteiger partial charge in [0.2, 0.25) is 0 Å². The molecule has 0 aliphatic carbocycles. The molecule has 0 bridgehead atoms. The molecule has 2 saturated heterocycles. The van der Waals surface area contributed by atoms with E-state index in [0.717, 1.165) is 71.4 Å². The Balaban J connectivity index is 1.17. The zero-order valence-electron chi connectivity index (χ0n) is 17.9. The maximum atomic E-state index is 4.70. The van der Waals surface area contributed by atoms with Gasteiger partial charge in [0.25, 0.3) is 0 Å². The van der Waals surface area contributed by atoms with Gasteiger partial charge < -0.3 is 20.6 Å². The molecule has 0 spiro atoms. The largest absolute Gasteiger partial charge is 0.341 e. The van der Waals surface area contributed by atoms with E-state index in [9.17, 15) is 0 Å². The maximum Gasteiger partial charge on any atom is 0.123 e. The van der Waals surface area contributed by atoms with Crippen molar-refractivity contribution >= 4 is 0 Å². The van der Waals surface area contributed by atoms with Crippen LogP contribution in [0.15, 0.2) is 55.0 Å². The number of hydrogen-bond donors (Lipinski definition) is 4. The van der Waals surface area contributed by atoms with E-state index in [-0.39, 0.29) is 0 Å². The molecule has 2 fully saturated rings. The Labute approximate surface area is 187 Å². The summed E-state index contributed by atoms with van der Waals surface area (Å²) in [5.41, 5.74) is 6.29. The van der Waals surface area contributed by atoms with Crippen LogP contribution in [0.25, 0.3) is 33.8 Å². The van der Waals surface area contributed by atoms with Crippen LogP contribution in [-0.2, 0) is 0 Å². The van der Waals surface area contributed by atoms with Gasteiger partial charge >= 0.3 is 0 Å². The lowest BCUT2D eigenvalue weighted by molar-refractivity contribution is 0.613. The van der Waals surface area contributed by atoms with Crippen LogP contribution in [0.2, 0.25) is 0 Å². The third kappa shape index (κ3) is 3.74.